The third-order valence-electron chi connectivity index (χ3n) is 3.05. The van der Waals surface area contributed by atoms with Crippen molar-refractivity contribution in [1.82, 2.24) is 4.98 Å². The van der Waals surface area contributed by atoms with E-state index >= 15 is 0 Å². The molecule has 2 rings (SSSR count). The van der Waals surface area contributed by atoms with Crippen LogP contribution in [0.25, 0.3) is 0 Å². The molecule has 1 unspecified atom stereocenters. The molecule has 4 N–H and O–H groups in total. The lowest BCUT2D eigenvalue weighted by Gasteiger charge is -2.26. The number of aliphatic hydroxyl groups is 1. The molecule has 1 fully saturated rings. The highest BCUT2D eigenvalue weighted by molar-refractivity contribution is 5.83. The molecule has 17 heavy (non-hydrogen) atoms. The molecule has 0 radical (unpaired) electrons. The standard InChI is InChI=1S/C12H17N3O2/c13-5-8-4-9(6-15-12(8)14)11(16)7-17-10-2-1-3-10/h4-6,10-11,13,16H,1-3,7H2,(H2,14,15). The molecule has 1 aliphatic rings. The molecule has 1 aromatic heterocycles. The first-order chi connectivity index (χ1) is 8.20. The maximum atomic E-state index is 9.92. The van der Waals surface area contributed by atoms with Gasteiger partial charge in [-0.15, -0.1) is 0 Å². The monoisotopic (exact) mass is 235 g/mol. The van der Waals surface area contributed by atoms with Crippen molar-refractivity contribution >= 4 is 12.0 Å². The zero-order valence-electron chi connectivity index (χ0n) is 9.60. The van der Waals surface area contributed by atoms with Gasteiger partial charge in [0, 0.05) is 23.5 Å². The molecule has 0 saturated heterocycles. The maximum Gasteiger partial charge on any atom is 0.132 e. The molecule has 0 spiro atoms. The quantitative estimate of drug-likeness (QED) is 0.670. The summed E-state index contributed by atoms with van der Waals surface area (Å²) in [4.78, 5) is 3.94. The molecular formula is C12H17N3O2. The maximum absolute atomic E-state index is 9.92. The highest BCUT2D eigenvalue weighted by Crippen LogP contribution is 2.24. The highest BCUT2D eigenvalue weighted by Gasteiger charge is 2.20. The minimum Gasteiger partial charge on any atom is -0.386 e. The summed E-state index contributed by atoms with van der Waals surface area (Å²) in [7, 11) is 0. The molecule has 92 valence electrons. The average Bonchev–Trinajstić information content (AvgIpc) is 2.27. The van der Waals surface area contributed by atoms with Crippen LogP contribution in [0.4, 0.5) is 5.82 Å². The number of nitrogens with one attached hydrogen (secondary N) is 1. The number of nitrogens with zero attached hydrogens (tertiary/aromatic N) is 1. The van der Waals surface area contributed by atoms with Gasteiger partial charge in [0.05, 0.1) is 12.7 Å². The molecule has 1 heterocycles. The lowest BCUT2D eigenvalue weighted by atomic mass is 9.96. The van der Waals surface area contributed by atoms with Gasteiger partial charge in [-0.2, -0.15) is 0 Å². The summed E-state index contributed by atoms with van der Waals surface area (Å²) in [5, 5.41) is 17.1. The van der Waals surface area contributed by atoms with E-state index in [-0.39, 0.29) is 6.61 Å². The summed E-state index contributed by atoms with van der Waals surface area (Å²) in [5.74, 6) is 0.302. The normalized spacial score (nSPS) is 17.5. The first kappa shape index (κ1) is 12.0. The lowest BCUT2D eigenvalue weighted by Crippen LogP contribution is -2.24. The minimum absolute atomic E-state index is 0.272. The highest BCUT2D eigenvalue weighted by atomic mass is 16.5. The zero-order valence-corrected chi connectivity index (χ0v) is 9.60. The summed E-state index contributed by atoms with van der Waals surface area (Å²) < 4.78 is 5.53. The third-order valence-corrected chi connectivity index (χ3v) is 3.05. The summed E-state index contributed by atoms with van der Waals surface area (Å²) >= 11 is 0. The van der Waals surface area contributed by atoms with E-state index in [0.29, 0.717) is 23.0 Å². The Balaban J connectivity index is 1.97. The summed E-state index contributed by atoms with van der Waals surface area (Å²) in [5.41, 5.74) is 6.73. The van der Waals surface area contributed by atoms with Gasteiger partial charge in [0.15, 0.2) is 0 Å². The van der Waals surface area contributed by atoms with E-state index in [4.69, 9.17) is 15.9 Å². The first-order valence-electron chi connectivity index (χ1n) is 5.76. The number of rotatable bonds is 5. The average molecular weight is 235 g/mol. The Morgan fingerprint density at radius 3 is 3.00 bits per heavy atom. The molecule has 0 bridgehead atoms. The molecule has 1 saturated carbocycles. The van der Waals surface area contributed by atoms with Crippen LogP contribution in [0.1, 0.15) is 36.5 Å². The molecule has 0 aliphatic heterocycles. The number of hydrogen-bond acceptors (Lipinski definition) is 5. The topological polar surface area (TPSA) is 92.2 Å². The van der Waals surface area contributed by atoms with Crippen LogP contribution in [0.15, 0.2) is 12.3 Å². The van der Waals surface area contributed by atoms with Crippen molar-refractivity contribution < 1.29 is 9.84 Å². The van der Waals surface area contributed by atoms with E-state index in [2.05, 4.69) is 4.98 Å². The molecular weight excluding hydrogens is 218 g/mol. The molecule has 1 atom stereocenters. The van der Waals surface area contributed by atoms with Crippen molar-refractivity contribution in [2.24, 2.45) is 0 Å². The Labute approximate surface area is 100 Å². The molecule has 5 heteroatoms. The number of ether oxygens (including phenoxy) is 1. The van der Waals surface area contributed by atoms with Gasteiger partial charge >= 0.3 is 0 Å². The Hall–Kier alpha value is -1.46. The van der Waals surface area contributed by atoms with Crippen molar-refractivity contribution in [2.75, 3.05) is 12.3 Å². The van der Waals surface area contributed by atoms with Crippen LogP contribution < -0.4 is 5.73 Å². The van der Waals surface area contributed by atoms with Gasteiger partial charge in [0.25, 0.3) is 0 Å². The minimum atomic E-state index is -0.706. The predicted octanol–water partition coefficient (Wildman–Crippen LogP) is 1.26. The van der Waals surface area contributed by atoms with Crippen LogP contribution in [0.3, 0.4) is 0 Å². The Bertz CT molecular complexity index is 405. The van der Waals surface area contributed by atoms with E-state index in [1.807, 2.05) is 0 Å². The molecule has 1 aromatic rings. The van der Waals surface area contributed by atoms with Gasteiger partial charge in [0.1, 0.15) is 11.9 Å². The van der Waals surface area contributed by atoms with Gasteiger partial charge in [0.2, 0.25) is 0 Å². The summed E-state index contributed by atoms with van der Waals surface area (Å²) in [6, 6.07) is 1.67. The second kappa shape index (κ2) is 5.25. The van der Waals surface area contributed by atoms with E-state index < -0.39 is 6.10 Å². The van der Waals surface area contributed by atoms with Gasteiger partial charge in [-0.25, -0.2) is 4.98 Å². The summed E-state index contributed by atoms with van der Waals surface area (Å²) in [6.07, 6.45) is 5.62. The smallest absolute Gasteiger partial charge is 0.132 e. The van der Waals surface area contributed by atoms with Crippen LogP contribution in [-0.4, -0.2) is 29.0 Å². The van der Waals surface area contributed by atoms with Crippen LogP contribution in [-0.2, 0) is 4.74 Å². The van der Waals surface area contributed by atoms with E-state index in [0.717, 1.165) is 19.1 Å². The van der Waals surface area contributed by atoms with Crippen molar-refractivity contribution in [3.63, 3.8) is 0 Å². The second-order valence-corrected chi connectivity index (χ2v) is 4.29. The number of aliphatic hydroxyl groups excluding tert-OH is 1. The third kappa shape index (κ3) is 2.81. The van der Waals surface area contributed by atoms with Gasteiger partial charge in [-0.05, 0) is 25.3 Å². The van der Waals surface area contributed by atoms with E-state index in [1.165, 1.54) is 12.6 Å². The van der Waals surface area contributed by atoms with Gasteiger partial charge in [-0.1, -0.05) is 0 Å². The number of nitrogens with two attached hydrogens (primary N) is 1. The molecule has 0 aromatic carbocycles. The van der Waals surface area contributed by atoms with Crippen LogP contribution in [0.5, 0.6) is 0 Å². The lowest BCUT2D eigenvalue weighted by molar-refractivity contribution is -0.0427. The number of anilines is 1. The number of aromatic nitrogens is 1. The predicted molar refractivity (Wildman–Crippen MR) is 65.1 cm³/mol. The number of hydrogen-bond donors (Lipinski definition) is 3. The van der Waals surface area contributed by atoms with Crippen molar-refractivity contribution in [3.05, 3.63) is 23.4 Å². The zero-order chi connectivity index (χ0) is 12.3. The van der Waals surface area contributed by atoms with Gasteiger partial charge < -0.3 is 21.0 Å². The Morgan fingerprint density at radius 2 is 2.41 bits per heavy atom. The molecule has 5 nitrogen and oxygen atoms in total. The van der Waals surface area contributed by atoms with Crippen LogP contribution in [0.2, 0.25) is 0 Å². The molecule has 1 aliphatic carbocycles. The fourth-order valence-electron chi connectivity index (χ4n) is 1.67. The SMILES string of the molecule is N=Cc1cc(C(O)COC2CCC2)cnc1N. The second-order valence-electron chi connectivity index (χ2n) is 4.29. The van der Waals surface area contributed by atoms with Gasteiger partial charge in [-0.3, -0.25) is 0 Å². The fourth-order valence-corrected chi connectivity index (χ4v) is 1.67. The van der Waals surface area contributed by atoms with Crippen LogP contribution in [0, 0.1) is 5.41 Å². The van der Waals surface area contributed by atoms with Crippen molar-refractivity contribution in [1.29, 1.82) is 5.41 Å². The van der Waals surface area contributed by atoms with E-state index in [9.17, 15) is 5.11 Å². The molecule has 0 amide bonds. The fraction of sp³-hybridized carbons (Fsp3) is 0.500. The summed E-state index contributed by atoms with van der Waals surface area (Å²) in [6.45, 7) is 0.272. The first-order valence-corrected chi connectivity index (χ1v) is 5.76. The van der Waals surface area contributed by atoms with Crippen LogP contribution >= 0.6 is 0 Å². The van der Waals surface area contributed by atoms with Crippen molar-refractivity contribution in [3.8, 4) is 0 Å². The Kier molecular flexibility index (Phi) is 3.71. The largest absolute Gasteiger partial charge is 0.386 e. The Morgan fingerprint density at radius 1 is 1.65 bits per heavy atom. The number of pyridine rings is 1. The number of nitrogen functional groups attached to an aromatic ring is 1. The van der Waals surface area contributed by atoms with E-state index in [1.54, 1.807) is 6.07 Å². The van der Waals surface area contributed by atoms with Crippen molar-refractivity contribution in [2.45, 2.75) is 31.5 Å².